The number of hydrogen-bond acceptors (Lipinski definition) is 6. The Hall–Kier alpha value is -1.73. The molecule has 21 heavy (non-hydrogen) atoms. The smallest absolute Gasteiger partial charge is 0.346 e. The molecule has 0 aromatic carbocycles. The van der Waals surface area contributed by atoms with E-state index in [4.69, 9.17) is 5.11 Å². The van der Waals surface area contributed by atoms with E-state index in [1.165, 1.54) is 6.33 Å². The van der Waals surface area contributed by atoms with Crippen molar-refractivity contribution in [2.75, 3.05) is 18.5 Å². The van der Waals surface area contributed by atoms with Gasteiger partial charge >= 0.3 is 5.97 Å². The molecule has 0 fully saturated rings. The molecule has 0 unspecified atom stereocenters. The molecule has 0 amide bonds. The molecular weight excluding hydrogens is 290 g/mol. The Bertz CT molecular complexity index is 667. The minimum atomic E-state index is -0.943. The minimum Gasteiger partial charge on any atom is -0.477 e. The third-order valence-corrected chi connectivity index (χ3v) is 4.63. The average molecular weight is 309 g/mol. The first-order valence-electron chi connectivity index (χ1n) is 6.68. The molecule has 0 aliphatic carbocycles. The molecule has 0 saturated carbocycles. The number of fused-ring (bicyclic) bond motifs is 1. The van der Waals surface area contributed by atoms with E-state index < -0.39 is 5.97 Å². The van der Waals surface area contributed by atoms with Gasteiger partial charge in [-0.05, 0) is 24.3 Å². The second-order valence-corrected chi connectivity index (χ2v) is 6.75. The molecule has 2 heterocycles. The van der Waals surface area contributed by atoms with E-state index in [1.54, 1.807) is 6.92 Å². The molecule has 3 N–H and O–H groups in total. The Labute approximate surface area is 126 Å². The van der Waals surface area contributed by atoms with Crippen molar-refractivity contribution < 1.29 is 15.0 Å². The van der Waals surface area contributed by atoms with Gasteiger partial charge in [-0.25, -0.2) is 14.8 Å². The highest BCUT2D eigenvalue weighted by Crippen LogP contribution is 2.33. The topological polar surface area (TPSA) is 95.3 Å². The van der Waals surface area contributed by atoms with Crippen molar-refractivity contribution in [2.24, 2.45) is 5.41 Å². The van der Waals surface area contributed by atoms with Gasteiger partial charge in [-0.1, -0.05) is 13.8 Å². The van der Waals surface area contributed by atoms with Crippen LogP contribution < -0.4 is 5.32 Å². The molecule has 0 bridgehead atoms. The van der Waals surface area contributed by atoms with Crippen molar-refractivity contribution in [2.45, 2.75) is 27.2 Å². The Morgan fingerprint density at radius 3 is 2.76 bits per heavy atom. The van der Waals surface area contributed by atoms with Crippen LogP contribution in [0.4, 0.5) is 5.82 Å². The number of carboxylic acids is 1. The van der Waals surface area contributed by atoms with Gasteiger partial charge in [0.25, 0.3) is 0 Å². The number of thiophene rings is 1. The van der Waals surface area contributed by atoms with Crippen LogP contribution in [0, 0.1) is 12.3 Å². The van der Waals surface area contributed by atoms with Crippen LogP contribution in [0.3, 0.4) is 0 Å². The van der Waals surface area contributed by atoms with Gasteiger partial charge in [0.15, 0.2) is 0 Å². The lowest BCUT2D eigenvalue weighted by molar-refractivity contribution is 0.0701. The van der Waals surface area contributed by atoms with E-state index in [2.05, 4.69) is 29.1 Å². The Kier molecular flexibility index (Phi) is 4.43. The zero-order valence-corrected chi connectivity index (χ0v) is 13.1. The molecule has 0 spiro atoms. The highest BCUT2D eigenvalue weighted by molar-refractivity contribution is 7.20. The fraction of sp³-hybridized carbons (Fsp3) is 0.500. The number of rotatable bonds is 6. The zero-order valence-electron chi connectivity index (χ0n) is 12.3. The fourth-order valence-corrected chi connectivity index (χ4v) is 3.11. The largest absolute Gasteiger partial charge is 0.477 e. The standard InChI is InChI=1S/C14H19N3O3S/c1-8-9-11(15-6-14(2,3)4-5-18)16-7-17-12(9)21-10(8)13(19)20/h7,18H,4-6H2,1-3H3,(H,19,20)(H,15,16,17). The molecular formula is C14H19N3O3S. The van der Waals surface area contributed by atoms with Crippen LogP contribution in [0.1, 0.15) is 35.5 Å². The van der Waals surface area contributed by atoms with Crippen LogP contribution in [0.5, 0.6) is 0 Å². The summed E-state index contributed by atoms with van der Waals surface area (Å²) in [6.07, 6.45) is 2.11. The van der Waals surface area contributed by atoms with Gasteiger partial charge in [-0.2, -0.15) is 0 Å². The maximum atomic E-state index is 11.2. The Morgan fingerprint density at radius 2 is 2.14 bits per heavy atom. The number of aliphatic hydroxyl groups excluding tert-OH is 1. The number of nitrogens with one attached hydrogen (secondary N) is 1. The molecule has 7 heteroatoms. The lowest BCUT2D eigenvalue weighted by Crippen LogP contribution is -2.24. The van der Waals surface area contributed by atoms with E-state index in [9.17, 15) is 9.90 Å². The number of aryl methyl sites for hydroxylation is 1. The molecule has 6 nitrogen and oxygen atoms in total. The van der Waals surface area contributed by atoms with Crippen LogP contribution in [0.2, 0.25) is 0 Å². The van der Waals surface area contributed by atoms with Crippen LogP contribution in [-0.4, -0.2) is 39.3 Å². The first kappa shape index (κ1) is 15.7. The van der Waals surface area contributed by atoms with Crippen molar-refractivity contribution in [3.63, 3.8) is 0 Å². The highest BCUT2D eigenvalue weighted by Gasteiger charge is 2.21. The zero-order chi connectivity index (χ0) is 15.6. The van der Waals surface area contributed by atoms with Gasteiger partial charge in [-0.15, -0.1) is 11.3 Å². The average Bonchev–Trinajstić information content (AvgIpc) is 2.75. The van der Waals surface area contributed by atoms with Gasteiger partial charge in [-0.3, -0.25) is 0 Å². The SMILES string of the molecule is Cc1c(C(=O)O)sc2ncnc(NCC(C)(C)CCO)c12. The van der Waals surface area contributed by atoms with Gasteiger partial charge in [0.2, 0.25) is 0 Å². The van der Waals surface area contributed by atoms with E-state index >= 15 is 0 Å². The maximum absolute atomic E-state index is 11.2. The number of aliphatic hydroxyl groups is 1. The van der Waals surface area contributed by atoms with Crippen LogP contribution in [-0.2, 0) is 0 Å². The van der Waals surface area contributed by atoms with Crippen LogP contribution in [0.25, 0.3) is 10.2 Å². The maximum Gasteiger partial charge on any atom is 0.346 e. The molecule has 0 aliphatic rings. The summed E-state index contributed by atoms with van der Waals surface area (Å²) < 4.78 is 0. The predicted octanol–water partition coefficient (Wildman–Crippen LogP) is 2.52. The quantitative estimate of drug-likeness (QED) is 0.759. The highest BCUT2D eigenvalue weighted by atomic mass is 32.1. The second kappa shape index (κ2) is 5.95. The number of anilines is 1. The molecule has 0 radical (unpaired) electrons. The van der Waals surface area contributed by atoms with E-state index in [0.29, 0.717) is 34.1 Å². The van der Waals surface area contributed by atoms with E-state index in [1.807, 2.05) is 0 Å². The predicted molar refractivity (Wildman–Crippen MR) is 83.1 cm³/mol. The van der Waals surface area contributed by atoms with Gasteiger partial charge in [0.05, 0.1) is 5.39 Å². The normalized spacial score (nSPS) is 11.8. The minimum absolute atomic E-state index is 0.0778. The van der Waals surface area contributed by atoms with E-state index in [0.717, 1.165) is 16.7 Å². The first-order chi connectivity index (χ1) is 9.85. The van der Waals surface area contributed by atoms with Gasteiger partial charge in [0, 0.05) is 13.2 Å². The summed E-state index contributed by atoms with van der Waals surface area (Å²) in [6.45, 7) is 6.65. The van der Waals surface area contributed by atoms with Gasteiger partial charge in [0.1, 0.15) is 21.9 Å². The summed E-state index contributed by atoms with van der Waals surface area (Å²) in [4.78, 5) is 20.6. The number of carboxylic acid groups (broad SMARTS) is 1. The third-order valence-electron chi connectivity index (χ3n) is 3.44. The second-order valence-electron chi connectivity index (χ2n) is 5.76. The summed E-state index contributed by atoms with van der Waals surface area (Å²) in [5, 5.41) is 22.3. The molecule has 2 aromatic rings. The molecule has 2 rings (SSSR count). The lowest BCUT2D eigenvalue weighted by Gasteiger charge is -2.24. The van der Waals surface area contributed by atoms with Crippen molar-refractivity contribution in [3.05, 3.63) is 16.8 Å². The van der Waals surface area contributed by atoms with Crippen molar-refractivity contribution >= 4 is 33.3 Å². The summed E-state index contributed by atoms with van der Waals surface area (Å²) in [6, 6.07) is 0. The van der Waals surface area contributed by atoms with Gasteiger partial charge < -0.3 is 15.5 Å². The first-order valence-corrected chi connectivity index (χ1v) is 7.49. The fourth-order valence-electron chi connectivity index (χ4n) is 2.12. The van der Waals surface area contributed by atoms with Crippen molar-refractivity contribution in [1.82, 2.24) is 9.97 Å². The number of aromatic carboxylic acids is 1. The van der Waals surface area contributed by atoms with Crippen molar-refractivity contribution in [3.8, 4) is 0 Å². The third kappa shape index (κ3) is 3.30. The number of hydrogen-bond donors (Lipinski definition) is 3. The Balaban J connectivity index is 2.34. The summed E-state index contributed by atoms with van der Waals surface area (Å²) in [5.74, 6) is -0.297. The molecule has 114 valence electrons. The number of nitrogens with zero attached hydrogens (tertiary/aromatic N) is 2. The summed E-state index contributed by atoms with van der Waals surface area (Å²) in [5.41, 5.74) is 0.608. The van der Waals surface area contributed by atoms with E-state index in [-0.39, 0.29) is 12.0 Å². The van der Waals surface area contributed by atoms with Crippen molar-refractivity contribution in [1.29, 1.82) is 0 Å². The van der Waals surface area contributed by atoms with Crippen LogP contribution >= 0.6 is 11.3 Å². The lowest BCUT2D eigenvalue weighted by atomic mass is 9.90. The van der Waals surface area contributed by atoms with Crippen LogP contribution in [0.15, 0.2) is 6.33 Å². The number of carbonyl (C=O) groups is 1. The Morgan fingerprint density at radius 1 is 1.43 bits per heavy atom. The summed E-state index contributed by atoms with van der Waals surface area (Å²) in [7, 11) is 0. The molecule has 0 saturated heterocycles. The molecule has 0 aliphatic heterocycles. The summed E-state index contributed by atoms with van der Waals surface area (Å²) >= 11 is 1.16. The monoisotopic (exact) mass is 309 g/mol. The number of aromatic nitrogens is 2. The molecule has 2 aromatic heterocycles. The molecule has 0 atom stereocenters.